The summed E-state index contributed by atoms with van der Waals surface area (Å²) in [5.41, 5.74) is 5.33. The first-order valence-corrected chi connectivity index (χ1v) is 10.5. The highest BCUT2D eigenvalue weighted by Gasteiger charge is 2.51. The zero-order chi connectivity index (χ0) is 24.8. The molecule has 0 saturated carbocycles. The van der Waals surface area contributed by atoms with Crippen molar-refractivity contribution in [2.45, 2.75) is 58.3 Å². The van der Waals surface area contributed by atoms with E-state index in [-0.39, 0.29) is 19.8 Å². The third kappa shape index (κ3) is 11.4. The SMILES string of the molecule is CC(=O)N[C@H]1C(OC(C)=O)[C@@H](OC(C)=O)C(COC(C)=O)O[C@H]1OCCOCCOCCN. The Morgan fingerprint density at radius 3 is 1.94 bits per heavy atom. The summed E-state index contributed by atoms with van der Waals surface area (Å²) in [7, 11) is 0. The van der Waals surface area contributed by atoms with Crippen LogP contribution >= 0.6 is 0 Å². The number of hydrogen-bond donors (Lipinski definition) is 2. The molecular weight excluding hydrogens is 444 g/mol. The molecule has 0 aromatic rings. The van der Waals surface area contributed by atoms with Gasteiger partial charge in [-0.15, -0.1) is 0 Å². The number of carbonyl (C=O) groups excluding carboxylic acids is 4. The van der Waals surface area contributed by atoms with E-state index in [2.05, 4.69) is 5.32 Å². The summed E-state index contributed by atoms with van der Waals surface area (Å²) >= 11 is 0. The lowest BCUT2D eigenvalue weighted by Crippen LogP contribution is -2.66. The van der Waals surface area contributed by atoms with E-state index >= 15 is 0 Å². The van der Waals surface area contributed by atoms with Gasteiger partial charge in [0.05, 0.1) is 33.0 Å². The maximum atomic E-state index is 11.8. The minimum Gasteiger partial charge on any atom is -0.463 e. The van der Waals surface area contributed by atoms with Crippen LogP contribution in [0.5, 0.6) is 0 Å². The Morgan fingerprint density at radius 2 is 1.39 bits per heavy atom. The first kappa shape index (κ1) is 28.7. The van der Waals surface area contributed by atoms with Gasteiger partial charge < -0.3 is 44.2 Å². The summed E-state index contributed by atoms with van der Waals surface area (Å²) in [6.45, 7) is 6.28. The molecule has 0 aromatic heterocycles. The number of amides is 1. The number of esters is 3. The van der Waals surface area contributed by atoms with Crippen molar-refractivity contribution in [3.8, 4) is 0 Å². The Morgan fingerprint density at radius 1 is 0.818 bits per heavy atom. The molecule has 2 unspecified atom stereocenters. The highest BCUT2D eigenvalue weighted by molar-refractivity contribution is 5.73. The van der Waals surface area contributed by atoms with Gasteiger partial charge in [-0.05, 0) is 0 Å². The number of ether oxygens (including phenoxy) is 7. The number of rotatable bonds is 14. The van der Waals surface area contributed by atoms with Gasteiger partial charge in [0.15, 0.2) is 18.5 Å². The summed E-state index contributed by atoms with van der Waals surface area (Å²) in [6.07, 6.45) is -4.48. The second-order valence-corrected chi connectivity index (χ2v) is 7.10. The van der Waals surface area contributed by atoms with E-state index in [0.29, 0.717) is 26.4 Å². The minimum atomic E-state index is -1.17. The monoisotopic (exact) mass is 478 g/mol. The van der Waals surface area contributed by atoms with Crippen molar-refractivity contribution < 1.29 is 52.3 Å². The molecule has 3 N–H and O–H groups in total. The van der Waals surface area contributed by atoms with Gasteiger partial charge in [0.1, 0.15) is 18.8 Å². The zero-order valence-electron chi connectivity index (χ0n) is 19.4. The van der Waals surface area contributed by atoms with Crippen molar-refractivity contribution in [3.05, 3.63) is 0 Å². The maximum absolute atomic E-state index is 11.8. The Hall–Kier alpha value is -2.32. The van der Waals surface area contributed by atoms with E-state index in [9.17, 15) is 19.2 Å². The van der Waals surface area contributed by atoms with Crippen LogP contribution in [0.1, 0.15) is 27.7 Å². The lowest BCUT2D eigenvalue weighted by Gasteiger charge is -2.44. The fraction of sp³-hybridized carbons (Fsp3) is 0.800. The van der Waals surface area contributed by atoms with Gasteiger partial charge in [0, 0.05) is 34.2 Å². The molecule has 0 radical (unpaired) electrons. The van der Waals surface area contributed by atoms with Gasteiger partial charge in [-0.25, -0.2) is 0 Å². The van der Waals surface area contributed by atoms with Crippen molar-refractivity contribution >= 4 is 23.8 Å². The molecule has 0 bridgehead atoms. The quantitative estimate of drug-likeness (QED) is 0.171. The van der Waals surface area contributed by atoms with Crippen molar-refractivity contribution in [2.75, 3.05) is 46.2 Å². The average Bonchev–Trinajstić information content (AvgIpc) is 2.71. The predicted octanol–water partition coefficient (Wildman–Crippen LogP) is -1.35. The van der Waals surface area contributed by atoms with Crippen LogP contribution in [-0.4, -0.2) is 101 Å². The summed E-state index contributed by atoms with van der Waals surface area (Å²) in [6, 6.07) is -1.02. The van der Waals surface area contributed by atoms with Gasteiger partial charge >= 0.3 is 17.9 Å². The number of carbonyl (C=O) groups is 4. The lowest BCUT2D eigenvalue weighted by atomic mass is 9.96. The van der Waals surface area contributed by atoms with Gasteiger partial charge in [0.2, 0.25) is 5.91 Å². The van der Waals surface area contributed by atoms with Gasteiger partial charge in [0.25, 0.3) is 0 Å². The standard InChI is InChI=1S/C20H34N2O11/c1-12(23)22-17-19(32-15(4)26)18(31-14(3)25)16(11-30-13(2)24)33-20(17)29-10-9-28-8-7-27-6-5-21/h16-20H,5-11,21H2,1-4H3,(H,22,23)/t16?,17-,18-,19?,20+/m0/s1. The van der Waals surface area contributed by atoms with Crippen LogP contribution in [0, 0.1) is 0 Å². The van der Waals surface area contributed by atoms with Crippen LogP contribution < -0.4 is 11.1 Å². The van der Waals surface area contributed by atoms with E-state index < -0.39 is 54.5 Å². The molecule has 33 heavy (non-hydrogen) atoms. The van der Waals surface area contributed by atoms with Crippen LogP contribution in [0.2, 0.25) is 0 Å². The molecule has 1 rings (SSSR count). The number of nitrogens with one attached hydrogen (secondary N) is 1. The van der Waals surface area contributed by atoms with Crippen LogP contribution in [-0.2, 0) is 52.3 Å². The van der Waals surface area contributed by atoms with Gasteiger partial charge in [-0.2, -0.15) is 0 Å². The molecular formula is C20H34N2O11. The van der Waals surface area contributed by atoms with Crippen LogP contribution in [0.25, 0.3) is 0 Å². The van der Waals surface area contributed by atoms with Crippen molar-refractivity contribution in [1.29, 1.82) is 0 Å². The van der Waals surface area contributed by atoms with Crippen LogP contribution in [0.15, 0.2) is 0 Å². The molecule has 1 aliphatic heterocycles. The first-order valence-electron chi connectivity index (χ1n) is 10.5. The Balaban J connectivity index is 2.95. The molecule has 1 aliphatic rings. The maximum Gasteiger partial charge on any atom is 0.303 e. The van der Waals surface area contributed by atoms with Crippen LogP contribution in [0.3, 0.4) is 0 Å². The summed E-state index contributed by atoms with van der Waals surface area (Å²) in [5, 5.41) is 2.61. The second kappa shape index (κ2) is 15.5. The molecule has 0 aliphatic carbocycles. The predicted molar refractivity (Wildman–Crippen MR) is 111 cm³/mol. The number of hydrogen-bond acceptors (Lipinski definition) is 12. The molecule has 5 atom stereocenters. The topological polar surface area (TPSA) is 171 Å². The van der Waals surface area contributed by atoms with Crippen molar-refractivity contribution in [1.82, 2.24) is 5.32 Å². The second-order valence-electron chi connectivity index (χ2n) is 7.10. The highest BCUT2D eigenvalue weighted by atomic mass is 16.7. The molecule has 13 nitrogen and oxygen atoms in total. The third-order valence-corrected chi connectivity index (χ3v) is 4.22. The molecule has 1 saturated heterocycles. The fourth-order valence-electron chi connectivity index (χ4n) is 3.06. The van der Waals surface area contributed by atoms with Gasteiger partial charge in [-0.3, -0.25) is 19.2 Å². The van der Waals surface area contributed by atoms with Crippen molar-refractivity contribution in [2.24, 2.45) is 5.73 Å². The van der Waals surface area contributed by atoms with E-state index in [1.165, 1.54) is 20.8 Å². The highest BCUT2D eigenvalue weighted by Crippen LogP contribution is 2.28. The molecule has 1 heterocycles. The normalized spacial score (nSPS) is 24.6. The molecule has 1 amide bonds. The van der Waals surface area contributed by atoms with E-state index in [0.717, 1.165) is 6.92 Å². The first-order chi connectivity index (χ1) is 15.6. The Bertz CT molecular complexity index is 646. The summed E-state index contributed by atoms with van der Waals surface area (Å²) in [5.74, 6) is -2.40. The summed E-state index contributed by atoms with van der Waals surface area (Å²) in [4.78, 5) is 46.6. The third-order valence-electron chi connectivity index (χ3n) is 4.22. The van der Waals surface area contributed by atoms with E-state index in [4.69, 9.17) is 38.9 Å². The minimum absolute atomic E-state index is 0.0585. The Kier molecular flexibility index (Phi) is 13.5. The molecule has 0 spiro atoms. The summed E-state index contributed by atoms with van der Waals surface area (Å²) < 4.78 is 37.9. The number of nitrogens with two attached hydrogens (primary N) is 1. The fourth-order valence-corrected chi connectivity index (χ4v) is 3.06. The largest absolute Gasteiger partial charge is 0.463 e. The van der Waals surface area contributed by atoms with Crippen LogP contribution in [0.4, 0.5) is 0 Å². The zero-order valence-corrected chi connectivity index (χ0v) is 19.4. The van der Waals surface area contributed by atoms with E-state index in [1.807, 2.05) is 0 Å². The smallest absolute Gasteiger partial charge is 0.303 e. The molecule has 190 valence electrons. The van der Waals surface area contributed by atoms with Crippen molar-refractivity contribution in [3.63, 3.8) is 0 Å². The lowest BCUT2D eigenvalue weighted by molar-refractivity contribution is -0.279. The Labute approximate surface area is 192 Å². The molecule has 0 aromatic carbocycles. The van der Waals surface area contributed by atoms with E-state index in [1.54, 1.807) is 0 Å². The average molecular weight is 478 g/mol. The molecule has 13 heteroatoms. The van der Waals surface area contributed by atoms with Gasteiger partial charge in [-0.1, -0.05) is 0 Å². The molecule has 1 fully saturated rings.